The van der Waals surface area contributed by atoms with E-state index in [9.17, 15) is 4.79 Å². The first kappa shape index (κ1) is 14.0. The maximum atomic E-state index is 10.7. The zero-order valence-electron chi connectivity index (χ0n) is 10.8. The molecule has 104 valence electrons. The molecule has 0 saturated carbocycles. The zero-order valence-corrected chi connectivity index (χ0v) is 10.8. The quantitative estimate of drug-likeness (QED) is 0.831. The van der Waals surface area contributed by atoms with Gasteiger partial charge in [-0.05, 0) is 18.2 Å². The summed E-state index contributed by atoms with van der Waals surface area (Å²) in [5.41, 5.74) is 1.21. The fourth-order valence-electron chi connectivity index (χ4n) is 1.66. The van der Waals surface area contributed by atoms with E-state index in [0.29, 0.717) is 29.9 Å². The Morgan fingerprint density at radius 3 is 2.71 bits per heavy atom. The number of hydrogen-bond acceptors (Lipinski definition) is 6. The summed E-state index contributed by atoms with van der Waals surface area (Å²) in [7, 11) is 0. The smallest absolute Gasteiger partial charge is 0.358 e. The van der Waals surface area contributed by atoms with Crippen molar-refractivity contribution in [3.63, 3.8) is 0 Å². The van der Waals surface area contributed by atoms with Crippen LogP contribution in [-0.2, 0) is 6.54 Å². The van der Waals surface area contributed by atoms with Gasteiger partial charge in [0.15, 0.2) is 5.69 Å². The van der Waals surface area contributed by atoms with Crippen LogP contribution in [0.5, 0.6) is 0 Å². The third kappa shape index (κ3) is 3.33. The summed E-state index contributed by atoms with van der Waals surface area (Å²) in [5, 5.41) is 36.7. The van der Waals surface area contributed by atoms with Gasteiger partial charge in [0, 0.05) is 12.2 Å². The molecule has 2 N–H and O–H groups in total. The first-order chi connectivity index (χ1) is 10.1. The topological polar surface area (TPSA) is 128 Å². The van der Waals surface area contributed by atoms with Gasteiger partial charge in [-0.3, -0.25) is 0 Å². The number of nitriles is 2. The number of hydrogen-bond donors (Lipinski definition) is 2. The van der Waals surface area contributed by atoms with Crippen LogP contribution in [0.2, 0.25) is 0 Å². The van der Waals surface area contributed by atoms with Crippen LogP contribution < -0.4 is 5.32 Å². The van der Waals surface area contributed by atoms with Crippen molar-refractivity contribution in [1.82, 2.24) is 15.0 Å². The normalized spacial score (nSPS) is 9.62. The maximum absolute atomic E-state index is 10.7. The average Bonchev–Trinajstić information content (AvgIpc) is 2.96. The summed E-state index contributed by atoms with van der Waals surface area (Å²) >= 11 is 0. The monoisotopic (exact) mass is 282 g/mol. The van der Waals surface area contributed by atoms with E-state index in [1.807, 2.05) is 12.1 Å². The minimum atomic E-state index is -1.13. The molecule has 0 atom stereocenters. The minimum absolute atomic E-state index is 0.111. The molecule has 1 aromatic carbocycles. The molecule has 1 heterocycles. The molecule has 2 aromatic rings. The van der Waals surface area contributed by atoms with Gasteiger partial charge in [-0.1, -0.05) is 5.21 Å². The fraction of sp³-hybridized carbons (Fsp3) is 0.154. The number of aromatic carboxylic acids is 1. The first-order valence-electron chi connectivity index (χ1n) is 5.95. The lowest BCUT2D eigenvalue weighted by Crippen LogP contribution is -2.11. The van der Waals surface area contributed by atoms with Gasteiger partial charge < -0.3 is 10.4 Å². The molecule has 0 unspecified atom stereocenters. The van der Waals surface area contributed by atoms with Gasteiger partial charge in [-0.15, -0.1) is 5.10 Å². The van der Waals surface area contributed by atoms with Crippen molar-refractivity contribution in [2.75, 3.05) is 11.9 Å². The largest absolute Gasteiger partial charge is 0.476 e. The summed E-state index contributed by atoms with van der Waals surface area (Å²) in [6, 6.07) is 8.75. The van der Waals surface area contributed by atoms with Gasteiger partial charge in [0.1, 0.15) is 12.1 Å². The van der Waals surface area contributed by atoms with Gasteiger partial charge in [0.25, 0.3) is 0 Å². The molecule has 0 radical (unpaired) electrons. The van der Waals surface area contributed by atoms with Crippen LogP contribution in [0.25, 0.3) is 0 Å². The van der Waals surface area contributed by atoms with Crippen molar-refractivity contribution in [3.8, 4) is 12.1 Å². The van der Waals surface area contributed by atoms with Crippen molar-refractivity contribution < 1.29 is 9.90 Å². The maximum Gasteiger partial charge on any atom is 0.358 e. The van der Waals surface area contributed by atoms with Crippen molar-refractivity contribution in [1.29, 1.82) is 10.5 Å². The van der Waals surface area contributed by atoms with Crippen LogP contribution in [0, 0.1) is 22.7 Å². The van der Waals surface area contributed by atoms with E-state index in [-0.39, 0.29) is 5.69 Å². The lowest BCUT2D eigenvalue weighted by Gasteiger charge is -2.06. The van der Waals surface area contributed by atoms with Crippen molar-refractivity contribution >= 4 is 11.7 Å². The minimum Gasteiger partial charge on any atom is -0.476 e. The highest BCUT2D eigenvalue weighted by molar-refractivity contribution is 5.84. The molecule has 0 bridgehead atoms. The second-order valence-electron chi connectivity index (χ2n) is 4.08. The van der Waals surface area contributed by atoms with E-state index in [0.717, 1.165) is 0 Å². The highest BCUT2D eigenvalue weighted by atomic mass is 16.4. The first-order valence-corrected chi connectivity index (χ1v) is 5.95. The third-order valence-corrected chi connectivity index (χ3v) is 2.69. The molecule has 1 aromatic heterocycles. The average molecular weight is 282 g/mol. The number of carbonyl (C=O) groups is 1. The fourth-order valence-corrected chi connectivity index (χ4v) is 1.66. The Bertz CT molecular complexity index is 753. The molecule has 0 fully saturated rings. The highest BCUT2D eigenvalue weighted by Gasteiger charge is 2.07. The van der Waals surface area contributed by atoms with E-state index in [1.165, 1.54) is 10.9 Å². The highest BCUT2D eigenvalue weighted by Crippen LogP contribution is 2.14. The predicted molar refractivity (Wildman–Crippen MR) is 71.3 cm³/mol. The van der Waals surface area contributed by atoms with E-state index < -0.39 is 5.97 Å². The Kier molecular flexibility index (Phi) is 4.12. The van der Waals surface area contributed by atoms with Crippen molar-refractivity contribution in [2.24, 2.45) is 0 Å². The van der Waals surface area contributed by atoms with E-state index >= 15 is 0 Å². The third-order valence-electron chi connectivity index (χ3n) is 2.69. The van der Waals surface area contributed by atoms with Crippen LogP contribution in [0.15, 0.2) is 24.4 Å². The van der Waals surface area contributed by atoms with Crippen LogP contribution in [0.3, 0.4) is 0 Å². The Morgan fingerprint density at radius 1 is 1.33 bits per heavy atom. The predicted octanol–water partition coefficient (Wildman–Crippen LogP) is 0.832. The molecule has 0 aliphatic heterocycles. The molecule has 8 nitrogen and oxygen atoms in total. The van der Waals surface area contributed by atoms with Crippen molar-refractivity contribution in [3.05, 3.63) is 41.2 Å². The van der Waals surface area contributed by atoms with E-state index in [1.54, 1.807) is 18.2 Å². The molecule has 0 spiro atoms. The lowest BCUT2D eigenvalue weighted by molar-refractivity contribution is 0.0690. The molecular weight excluding hydrogens is 272 g/mol. The number of rotatable bonds is 5. The number of nitrogens with zero attached hydrogens (tertiary/aromatic N) is 5. The van der Waals surface area contributed by atoms with Gasteiger partial charge in [0.05, 0.1) is 23.9 Å². The number of carboxylic acid groups (broad SMARTS) is 1. The zero-order chi connectivity index (χ0) is 15.2. The van der Waals surface area contributed by atoms with Gasteiger partial charge in [-0.25, -0.2) is 9.48 Å². The second-order valence-corrected chi connectivity index (χ2v) is 4.08. The van der Waals surface area contributed by atoms with Crippen LogP contribution in [0.4, 0.5) is 5.69 Å². The molecule has 0 aliphatic rings. The van der Waals surface area contributed by atoms with Crippen LogP contribution >= 0.6 is 0 Å². The Hall–Kier alpha value is -3.39. The number of nitrogens with one attached hydrogen (secondary N) is 1. The summed E-state index contributed by atoms with van der Waals surface area (Å²) in [6.45, 7) is 0.890. The molecular formula is C13H10N6O2. The molecule has 2 rings (SSSR count). The molecule has 8 heteroatoms. The number of aromatic nitrogens is 3. The van der Waals surface area contributed by atoms with Crippen LogP contribution in [0.1, 0.15) is 21.6 Å². The van der Waals surface area contributed by atoms with Gasteiger partial charge in [-0.2, -0.15) is 10.5 Å². The number of benzene rings is 1. The SMILES string of the molecule is N#Cc1ccc(NCCn2cc(C(=O)O)nn2)cc1C#N. The van der Waals surface area contributed by atoms with Crippen molar-refractivity contribution in [2.45, 2.75) is 6.54 Å². The molecule has 0 saturated heterocycles. The molecule has 0 amide bonds. The van der Waals surface area contributed by atoms with E-state index in [2.05, 4.69) is 15.6 Å². The van der Waals surface area contributed by atoms with E-state index in [4.69, 9.17) is 15.6 Å². The molecule has 0 aliphatic carbocycles. The number of carboxylic acids is 1. The summed E-state index contributed by atoms with van der Waals surface area (Å²) in [5.74, 6) is -1.13. The summed E-state index contributed by atoms with van der Waals surface area (Å²) < 4.78 is 1.41. The van der Waals surface area contributed by atoms with Crippen LogP contribution in [-0.4, -0.2) is 32.6 Å². The van der Waals surface area contributed by atoms with Gasteiger partial charge in [0.2, 0.25) is 0 Å². The Morgan fingerprint density at radius 2 is 2.10 bits per heavy atom. The summed E-state index contributed by atoms with van der Waals surface area (Å²) in [4.78, 5) is 10.7. The second kappa shape index (κ2) is 6.17. The summed E-state index contributed by atoms with van der Waals surface area (Å²) in [6.07, 6.45) is 1.34. The Balaban J connectivity index is 1.96. The Labute approximate surface area is 119 Å². The molecule has 21 heavy (non-hydrogen) atoms. The van der Waals surface area contributed by atoms with Gasteiger partial charge >= 0.3 is 5.97 Å². The lowest BCUT2D eigenvalue weighted by atomic mass is 10.1. The standard InChI is InChI=1S/C13H10N6O2/c14-6-9-1-2-11(5-10(9)7-15)16-3-4-19-8-12(13(20)21)17-18-19/h1-2,5,8,16H,3-4H2,(H,20,21). The number of anilines is 1.